The monoisotopic (exact) mass is 373 g/mol. The molecule has 0 aromatic carbocycles. The molecule has 0 spiro atoms. The van der Waals surface area contributed by atoms with Gasteiger partial charge in [-0.05, 0) is 77.8 Å². The molecule has 3 rings (SSSR count). The van der Waals surface area contributed by atoms with Crippen LogP contribution in [0.2, 0.25) is 0 Å². The maximum atomic E-state index is 5.98. The number of hydrogen-bond acceptors (Lipinski definition) is 6. The van der Waals surface area contributed by atoms with E-state index >= 15 is 0 Å². The number of likely N-dealkylation sites (tertiary alicyclic amines) is 3. The molecule has 0 N–H and O–H groups in total. The molecule has 3 saturated heterocycles. The van der Waals surface area contributed by atoms with Crippen LogP contribution in [0.5, 0.6) is 0 Å². The first-order chi connectivity index (χ1) is 12.4. The molecule has 0 amide bonds. The Morgan fingerprint density at radius 3 is 1.04 bits per heavy atom. The summed E-state index contributed by atoms with van der Waals surface area (Å²) in [6.45, 7) is 12.5. The van der Waals surface area contributed by atoms with Crippen LogP contribution in [0, 0.1) is 0 Å². The molecule has 3 aliphatic rings. The smallest absolute Gasteiger partial charge is 0.311 e. The highest BCUT2D eigenvalue weighted by molar-refractivity contribution is 7.41. The van der Waals surface area contributed by atoms with Gasteiger partial charge < -0.3 is 28.3 Å². The van der Waals surface area contributed by atoms with E-state index in [9.17, 15) is 0 Å². The Morgan fingerprint density at radius 2 is 0.760 bits per heavy atom. The van der Waals surface area contributed by atoms with Gasteiger partial charge in [-0.2, -0.15) is 0 Å². The van der Waals surface area contributed by atoms with E-state index in [4.69, 9.17) is 13.6 Å². The molecule has 0 atom stereocenters. The second kappa shape index (κ2) is 11.8. The van der Waals surface area contributed by atoms with Gasteiger partial charge in [0.05, 0.1) is 19.8 Å². The summed E-state index contributed by atoms with van der Waals surface area (Å²) in [5.41, 5.74) is 0. The van der Waals surface area contributed by atoms with Crippen molar-refractivity contribution in [2.45, 2.75) is 38.5 Å². The fraction of sp³-hybridized carbons (Fsp3) is 1.00. The third-order valence-electron chi connectivity index (χ3n) is 5.41. The largest absolute Gasteiger partial charge is 0.332 e. The van der Waals surface area contributed by atoms with E-state index in [0.717, 1.165) is 39.5 Å². The first-order valence-corrected chi connectivity index (χ1v) is 11.4. The zero-order valence-corrected chi connectivity index (χ0v) is 16.6. The Balaban J connectivity index is 1.31. The molecular weight excluding hydrogens is 337 g/mol. The Morgan fingerprint density at radius 1 is 0.480 bits per heavy atom. The highest BCUT2D eigenvalue weighted by atomic mass is 31.2. The zero-order valence-electron chi connectivity index (χ0n) is 15.7. The van der Waals surface area contributed by atoms with Crippen molar-refractivity contribution in [3.05, 3.63) is 0 Å². The molecule has 146 valence electrons. The van der Waals surface area contributed by atoms with Gasteiger partial charge in [-0.1, -0.05) is 0 Å². The molecule has 0 unspecified atom stereocenters. The van der Waals surface area contributed by atoms with Crippen molar-refractivity contribution in [3.8, 4) is 0 Å². The molecule has 3 aliphatic heterocycles. The lowest BCUT2D eigenvalue weighted by Crippen LogP contribution is -2.26. The second-order valence-corrected chi connectivity index (χ2v) is 8.59. The number of nitrogens with zero attached hydrogens (tertiary/aromatic N) is 3. The summed E-state index contributed by atoms with van der Waals surface area (Å²) in [7, 11) is -1.20. The van der Waals surface area contributed by atoms with Crippen molar-refractivity contribution < 1.29 is 13.6 Å². The number of hydrogen-bond donors (Lipinski definition) is 0. The van der Waals surface area contributed by atoms with E-state index in [2.05, 4.69) is 14.7 Å². The van der Waals surface area contributed by atoms with Crippen molar-refractivity contribution in [1.29, 1.82) is 0 Å². The Kier molecular flexibility index (Phi) is 9.42. The van der Waals surface area contributed by atoms with Crippen LogP contribution in [0.25, 0.3) is 0 Å². The fourth-order valence-corrected chi connectivity index (χ4v) is 4.78. The van der Waals surface area contributed by atoms with Crippen molar-refractivity contribution >= 4 is 8.60 Å². The summed E-state index contributed by atoms with van der Waals surface area (Å²) >= 11 is 0. The molecule has 0 aromatic heterocycles. The molecular formula is C18H36N3O3P. The summed E-state index contributed by atoms with van der Waals surface area (Å²) in [4.78, 5) is 7.42. The van der Waals surface area contributed by atoms with Crippen LogP contribution in [0.4, 0.5) is 0 Å². The lowest BCUT2D eigenvalue weighted by Gasteiger charge is -2.22. The maximum absolute atomic E-state index is 5.98. The van der Waals surface area contributed by atoms with Crippen LogP contribution in [-0.4, -0.2) is 93.4 Å². The van der Waals surface area contributed by atoms with Gasteiger partial charge in [0, 0.05) is 19.6 Å². The highest BCUT2D eigenvalue weighted by Gasteiger charge is 2.18. The van der Waals surface area contributed by atoms with E-state index in [-0.39, 0.29) is 0 Å². The lowest BCUT2D eigenvalue weighted by atomic mass is 10.4. The lowest BCUT2D eigenvalue weighted by molar-refractivity contribution is 0.128. The predicted molar refractivity (Wildman–Crippen MR) is 102 cm³/mol. The second-order valence-electron chi connectivity index (χ2n) is 7.37. The van der Waals surface area contributed by atoms with E-state index in [1.807, 2.05) is 0 Å². The fourth-order valence-electron chi connectivity index (χ4n) is 3.86. The Labute approximate surface area is 154 Å². The van der Waals surface area contributed by atoms with Gasteiger partial charge in [0.1, 0.15) is 0 Å². The molecule has 3 heterocycles. The van der Waals surface area contributed by atoms with Crippen molar-refractivity contribution in [2.24, 2.45) is 0 Å². The Hall–Kier alpha value is 0.190. The van der Waals surface area contributed by atoms with Gasteiger partial charge >= 0.3 is 8.60 Å². The van der Waals surface area contributed by atoms with Crippen LogP contribution < -0.4 is 0 Å². The van der Waals surface area contributed by atoms with Gasteiger partial charge in [0.15, 0.2) is 0 Å². The van der Waals surface area contributed by atoms with Crippen LogP contribution in [0.3, 0.4) is 0 Å². The highest BCUT2D eigenvalue weighted by Crippen LogP contribution is 2.39. The van der Waals surface area contributed by atoms with Crippen molar-refractivity contribution in [1.82, 2.24) is 14.7 Å². The summed E-state index contributed by atoms with van der Waals surface area (Å²) in [6.07, 6.45) is 7.96. The van der Waals surface area contributed by atoms with E-state index < -0.39 is 8.60 Å². The average Bonchev–Trinajstić information content (AvgIpc) is 3.38. The summed E-state index contributed by atoms with van der Waals surface area (Å²) in [5.74, 6) is 0. The van der Waals surface area contributed by atoms with Crippen molar-refractivity contribution in [3.63, 3.8) is 0 Å². The minimum atomic E-state index is -1.20. The minimum Gasteiger partial charge on any atom is -0.311 e. The topological polar surface area (TPSA) is 37.4 Å². The molecule has 25 heavy (non-hydrogen) atoms. The van der Waals surface area contributed by atoms with Crippen LogP contribution in [0.1, 0.15) is 38.5 Å². The molecule has 0 bridgehead atoms. The normalized spacial score (nSPS) is 23.4. The van der Waals surface area contributed by atoms with Gasteiger partial charge in [0.2, 0.25) is 0 Å². The first-order valence-electron chi connectivity index (χ1n) is 10.3. The predicted octanol–water partition coefficient (Wildman–Crippen LogP) is 2.55. The summed E-state index contributed by atoms with van der Waals surface area (Å²) in [6, 6.07) is 0. The average molecular weight is 373 g/mol. The molecule has 7 heteroatoms. The van der Waals surface area contributed by atoms with Gasteiger partial charge in [-0.15, -0.1) is 0 Å². The molecule has 6 nitrogen and oxygen atoms in total. The van der Waals surface area contributed by atoms with Gasteiger partial charge in [-0.3, -0.25) is 0 Å². The number of rotatable bonds is 12. The van der Waals surface area contributed by atoms with E-state index in [1.54, 1.807) is 0 Å². The third-order valence-corrected chi connectivity index (χ3v) is 6.59. The Bertz CT molecular complexity index is 294. The standard InChI is InChI=1S/C18H36N3O3P/c1-2-8-19(7-1)13-16-22-25(23-17-14-20-9-3-4-10-20)24-18-15-21-11-5-6-12-21/h1-18H2. The molecule has 0 aromatic rings. The van der Waals surface area contributed by atoms with E-state index in [0.29, 0.717) is 0 Å². The van der Waals surface area contributed by atoms with Gasteiger partial charge in [-0.25, -0.2) is 0 Å². The van der Waals surface area contributed by atoms with Gasteiger partial charge in [0.25, 0.3) is 0 Å². The molecule has 0 aliphatic carbocycles. The van der Waals surface area contributed by atoms with Crippen LogP contribution in [-0.2, 0) is 13.6 Å². The molecule has 0 radical (unpaired) electrons. The minimum absolute atomic E-state index is 0.721. The van der Waals surface area contributed by atoms with Crippen LogP contribution >= 0.6 is 8.60 Å². The maximum Gasteiger partial charge on any atom is 0.332 e. The summed E-state index contributed by atoms with van der Waals surface area (Å²) < 4.78 is 17.9. The molecule has 0 saturated carbocycles. The first kappa shape index (κ1) is 19.9. The van der Waals surface area contributed by atoms with E-state index in [1.165, 1.54) is 77.8 Å². The van der Waals surface area contributed by atoms with Crippen LogP contribution in [0.15, 0.2) is 0 Å². The summed E-state index contributed by atoms with van der Waals surface area (Å²) in [5, 5.41) is 0. The van der Waals surface area contributed by atoms with Crippen molar-refractivity contribution in [2.75, 3.05) is 78.7 Å². The zero-order chi connectivity index (χ0) is 17.2. The quantitative estimate of drug-likeness (QED) is 0.490. The molecule has 3 fully saturated rings. The third kappa shape index (κ3) is 7.76. The SMILES string of the molecule is C1CCN(CCOP(OCCN2CCCC2)OCCN2CCCC2)C1.